The predicted octanol–water partition coefficient (Wildman–Crippen LogP) is 3.43. The fourth-order valence-corrected chi connectivity index (χ4v) is 4.01. The molecule has 1 saturated carbocycles. The van der Waals surface area contributed by atoms with E-state index in [0.717, 1.165) is 54.3 Å². The quantitative estimate of drug-likeness (QED) is 0.823. The Bertz CT molecular complexity index is 889. The summed E-state index contributed by atoms with van der Waals surface area (Å²) in [4.78, 5) is 29.8. The number of hydrogen-bond donors (Lipinski definition) is 1. The Morgan fingerprint density at radius 2 is 2.04 bits per heavy atom. The zero-order chi connectivity index (χ0) is 19.0. The number of esters is 1. The number of pyridine rings is 1. The first-order chi connectivity index (χ1) is 13.0. The van der Waals surface area contributed by atoms with E-state index in [4.69, 9.17) is 9.72 Å². The second kappa shape index (κ2) is 7.29. The molecule has 1 aromatic carbocycles. The van der Waals surface area contributed by atoms with E-state index in [9.17, 15) is 9.59 Å². The van der Waals surface area contributed by atoms with E-state index in [1.54, 1.807) is 0 Å². The summed E-state index contributed by atoms with van der Waals surface area (Å²) >= 11 is 0. The Balaban J connectivity index is 1.57. The first-order valence-corrected chi connectivity index (χ1v) is 9.90. The van der Waals surface area contributed by atoms with Crippen molar-refractivity contribution in [1.82, 2.24) is 10.3 Å². The number of fused-ring (bicyclic) bond motifs is 2. The van der Waals surface area contributed by atoms with Crippen LogP contribution in [0.15, 0.2) is 24.3 Å². The minimum Gasteiger partial charge on any atom is -0.452 e. The van der Waals surface area contributed by atoms with Crippen LogP contribution >= 0.6 is 0 Å². The van der Waals surface area contributed by atoms with Crippen LogP contribution < -0.4 is 5.32 Å². The molecule has 0 spiro atoms. The van der Waals surface area contributed by atoms with Crippen LogP contribution in [0.25, 0.3) is 10.9 Å². The SMILES string of the molecule is C[C@@H]1CCc2nc3ccccc3c(C(=O)OCC(=O)N[C@H](C)C3CC3)c2C1. The van der Waals surface area contributed by atoms with Gasteiger partial charge in [-0.05, 0) is 62.5 Å². The van der Waals surface area contributed by atoms with E-state index in [0.29, 0.717) is 17.4 Å². The fourth-order valence-electron chi connectivity index (χ4n) is 4.01. The molecule has 2 aliphatic rings. The van der Waals surface area contributed by atoms with Gasteiger partial charge in [0.2, 0.25) is 0 Å². The van der Waals surface area contributed by atoms with Gasteiger partial charge in [0.1, 0.15) is 0 Å². The second-order valence-corrected chi connectivity index (χ2v) is 8.05. The molecule has 2 atom stereocenters. The average molecular weight is 366 g/mol. The van der Waals surface area contributed by atoms with Crippen molar-refractivity contribution in [2.75, 3.05) is 6.61 Å². The lowest BCUT2D eigenvalue weighted by Crippen LogP contribution is -2.37. The third kappa shape index (κ3) is 3.82. The highest BCUT2D eigenvalue weighted by Crippen LogP contribution is 2.33. The van der Waals surface area contributed by atoms with Gasteiger partial charge < -0.3 is 10.1 Å². The number of amides is 1. The topological polar surface area (TPSA) is 68.3 Å². The summed E-state index contributed by atoms with van der Waals surface area (Å²) in [7, 11) is 0. The van der Waals surface area contributed by atoms with E-state index in [-0.39, 0.29) is 18.6 Å². The average Bonchev–Trinajstić information content (AvgIpc) is 3.49. The molecule has 1 amide bonds. The molecule has 1 fully saturated rings. The van der Waals surface area contributed by atoms with Gasteiger partial charge in [-0.1, -0.05) is 25.1 Å². The number of nitrogens with zero attached hydrogens (tertiary/aromatic N) is 1. The van der Waals surface area contributed by atoms with Crippen molar-refractivity contribution in [2.24, 2.45) is 11.8 Å². The van der Waals surface area contributed by atoms with Gasteiger partial charge in [-0.2, -0.15) is 0 Å². The summed E-state index contributed by atoms with van der Waals surface area (Å²) in [6.45, 7) is 3.96. The molecule has 0 bridgehead atoms. The van der Waals surface area contributed by atoms with E-state index in [2.05, 4.69) is 12.2 Å². The van der Waals surface area contributed by atoms with Crippen LogP contribution in [0.3, 0.4) is 0 Å². The van der Waals surface area contributed by atoms with Crippen molar-refractivity contribution in [1.29, 1.82) is 0 Å². The van der Waals surface area contributed by atoms with Crippen molar-refractivity contribution < 1.29 is 14.3 Å². The van der Waals surface area contributed by atoms with Gasteiger partial charge >= 0.3 is 5.97 Å². The lowest BCUT2D eigenvalue weighted by molar-refractivity contribution is -0.124. The van der Waals surface area contributed by atoms with Gasteiger partial charge in [0.15, 0.2) is 6.61 Å². The summed E-state index contributed by atoms with van der Waals surface area (Å²) in [5, 5.41) is 3.73. The molecule has 1 N–H and O–H groups in total. The standard InChI is InChI=1S/C22H26N2O3/c1-13-7-10-19-17(11-13)21(16-5-3-4-6-18(16)24-19)22(26)27-12-20(25)23-14(2)15-8-9-15/h3-6,13-15H,7-12H2,1-2H3,(H,23,25)/t13-,14-/m1/s1. The van der Waals surface area contributed by atoms with Gasteiger partial charge in [-0.25, -0.2) is 4.79 Å². The Kier molecular flexibility index (Phi) is 4.85. The van der Waals surface area contributed by atoms with Crippen LogP contribution in [-0.2, 0) is 22.4 Å². The number of aryl methyl sites for hydroxylation is 1. The number of aromatic nitrogens is 1. The zero-order valence-electron chi connectivity index (χ0n) is 16.0. The van der Waals surface area contributed by atoms with Gasteiger partial charge in [-0.3, -0.25) is 9.78 Å². The Morgan fingerprint density at radius 3 is 2.81 bits per heavy atom. The molecule has 0 saturated heterocycles. The molecule has 2 aliphatic carbocycles. The number of para-hydroxylation sites is 1. The van der Waals surface area contributed by atoms with Crippen molar-refractivity contribution in [3.05, 3.63) is 41.1 Å². The number of benzene rings is 1. The van der Waals surface area contributed by atoms with Crippen LogP contribution in [-0.4, -0.2) is 29.5 Å². The minimum atomic E-state index is -0.423. The number of ether oxygens (including phenoxy) is 1. The smallest absolute Gasteiger partial charge is 0.339 e. The number of rotatable bonds is 5. The van der Waals surface area contributed by atoms with Gasteiger partial charge in [-0.15, -0.1) is 0 Å². The summed E-state index contributed by atoms with van der Waals surface area (Å²) in [6, 6.07) is 7.81. The van der Waals surface area contributed by atoms with E-state index in [1.807, 2.05) is 31.2 Å². The maximum Gasteiger partial charge on any atom is 0.339 e. The van der Waals surface area contributed by atoms with Crippen LogP contribution in [0.4, 0.5) is 0 Å². The van der Waals surface area contributed by atoms with Gasteiger partial charge in [0.25, 0.3) is 5.91 Å². The Hall–Kier alpha value is -2.43. The first-order valence-electron chi connectivity index (χ1n) is 9.90. The number of carbonyl (C=O) groups is 2. The monoisotopic (exact) mass is 366 g/mol. The Morgan fingerprint density at radius 1 is 1.26 bits per heavy atom. The highest BCUT2D eigenvalue weighted by Gasteiger charge is 2.30. The number of nitrogens with one attached hydrogen (secondary N) is 1. The summed E-state index contributed by atoms with van der Waals surface area (Å²) in [5.41, 5.74) is 3.38. The molecule has 0 radical (unpaired) electrons. The van der Waals surface area contributed by atoms with E-state index < -0.39 is 5.97 Å². The largest absolute Gasteiger partial charge is 0.452 e. The highest BCUT2D eigenvalue weighted by atomic mass is 16.5. The zero-order valence-corrected chi connectivity index (χ0v) is 16.0. The minimum absolute atomic E-state index is 0.145. The molecular weight excluding hydrogens is 340 g/mol. The van der Waals surface area contributed by atoms with Crippen molar-refractivity contribution in [2.45, 2.75) is 52.0 Å². The number of carbonyl (C=O) groups excluding carboxylic acids is 2. The van der Waals surface area contributed by atoms with Crippen LogP contribution in [0.5, 0.6) is 0 Å². The van der Waals surface area contributed by atoms with Gasteiger partial charge in [0, 0.05) is 17.1 Å². The molecular formula is C22H26N2O3. The van der Waals surface area contributed by atoms with E-state index >= 15 is 0 Å². The maximum atomic E-state index is 12.9. The second-order valence-electron chi connectivity index (χ2n) is 8.05. The third-order valence-electron chi connectivity index (χ3n) is 5.76. The highest BCUT2D eigenvalue weighted by molar-refractivity contribution is 6.05. The molecule has 1 aromatic heterocycles. The molecule has 2 aromatic rings. The van der Waals surface area contributed by atoms with Crippen LogP contribution in [0.1, 0.15) is 54.7 Å². The molecule has 27 heavy (non-hydrogen) atoms. The fraction of sp³-hybridized carbons (Fsp3) is 0.500. The van der Waals surface area contributed by atoms with Crippen LogP contribution in [0, 0.1) is 11.8 Å². The third-order valence-corrected chi connectivity index (χ3v) is 5.76. The number of hydrogen-bond acceptors (Lipinski definition) is 4. The maximum absolute atomic E-state index is 12.9. The first kappa shape index (κ1) is 18.0. The van der Waals surface area contributed by atoms with Gasteiger partial charge in [0.05, 0.1) is 11.1 Å². The molecule has 0 aliphatic heterocycles. The molecule has 5 heteroatoms. The molecule has 142 valence electrons. The summed E-state index contributed by atoms with van der Waals surface area (Å²) in [6.07, 6.45) is 5.10. The summed E-state index contributed by atoms with van der Waals surface area (Å²) in [5.74, 6) is 0.425. The normalized spacial score (nSPS) is 20.0. The van der Waals surface area contributed by atoms with Crippen molar-refractivity contribution in [3.63, 3.8) is 0 Å². The lowest BCUT2D eigenvalue weighted by Gasteiger charge is -2.24. The summed E-state index contributed by atoms with van der Waals surface area (Å²) < 4.78 is 5.42. The van der Waals surface area contributed by atoms with E-state index in [1.165, 1.54) is 0 Å². The molecule has 0 unspecified atom stereocenters. The van der Waals surface area contributed by atoms with Crippen molar-refractivity contribution >= 4 is 22.8 Å². The van der Waals surface area contributed by atoms with Crippen molar-refractivity contribution in [3.8, 4) is 0 Å². The van der Waals surface area contributed by atoms with Crippen LogP contribution in [0.2, 0.25) is 0 Å². The molecule has 4 rings (SSSR count). The molecule has 1 heterocycles. The predicted molar refractivity (Wildman–Crippen MR) is 104 cm³/mol. The lowest BCUT2D eigenvalue weighted by atomic mass is 9.84. The Labute approximate surface area is 159 Å². The molecule has 5 nitrogen and oxygen atoms in total.